The van der Waals surface area contributed by atoms with E-state index in [-0.39, 0.29) is 11.5 Å². The highest BCUT2D eigenvalue weighted by Gasteiger charge is 2.27. The summed E-state index contributed by atoms with van der Waals surface area (Å²) in [6.07, 6.45) is 0.845. The Labute approximate surface area is 191 Å². The van der Waals surface area contributed by atoms with E-state index in [1.165, 1.54) is 4.31 Å². The summed E-state index contributed by atoms with van der Waals surface area (Å²) in [5.74, 6) is 0.0810. The normalized spacial score (nSPS) is 15.2. The van der Waals surface area contributed by atoms with Crippen LogP contribution in [0, 0.1) is 0 Å². The summed E-state index contributed by atoms with van der Waals surface area (Å²) in [6, 6.07) is 11.4. The van der Waals surface area contributed by atoms with Crippen LogP contribution in [-0.4, -0.2) is 54.5 Å². The molecule has 2 aromatic carbocycles. The summed E-state index contributed by atoms with van der Waals surface area (Å²) in [4.78, 5) is 17.2. The molecule has 1 fully saturated rings. The number of halogens is 1. The van der Waals surface area contributed by atoms with Gasteiger partial charge in [-0.3, -0.25) is 0 Å². The number of aromatic nitrogens is 2. The molecule has 3 aromatic rings. The molecule has 4 rings (SSSR count). The number of carbonyl (C=O) groups excluding carboxylic acids is 1. The van der Waals surface area contributed by atoms with E-state index in [1.54, 1.807) is 42.5 Å². The number of hydrogen-bond donors (Lipinski definition) is 0. The summed E-state index contributed by atoms with van der Waals surface area (Å²) in [6.45, 7) is 4.10. The molecule has 10 heteroatoms. The summed E-state index contributed by atoms with van der Waals surface area (Å²) < 4.78 is 40.1. The van der Waals surface area contributed by atoms with Crippen LogP contribution in [0.4, 0.5) is 0 Å². The smallest absolute Gasteiger partial charge is 0.338 e. The number of hydrogen-bond acceptors (Lipinski definition) is 6. The number of rotatable bonds is 7. The first-order valence-corrected chi connectivity index (χ1v) is 12.2. The number of imidazole rings is 1. The molecule has 0 N–H and O–H groups in total. The Hall–Kier alpha value is -2.46. The Bertz CT molecular complexity index is 1220. The second kappa shape index (κ2) is 9.58. The largest absolute Gasteiger partial charge is 0.454 e. The Kier molecular flexibility index (Phi) is 6.80. The summed E-state index contributed by atoms with van der Waals surface area (Å²) >= 11 is 5.87. The van der Waals surface area contributed by atoms with Gasteiger partial charge < -0.3 is 14.0 Å². The van der Waals surface area contributed by atoms with Crippen molar-refractivity contribution in [3.8, 4) is 0 Å². The minimum atomic E-state index is -3.63. The summed E-state index contributed by atoms with van der Waals surface area (Å²) in [7, 11) is -3.63. The van der Waals surface area contributed by atoms with Gasteiger partial charge in [0.15, 0.2) is 0 Å². The number of carbonyl (C=O) groups is 1. The third-order valence-corrected chi connectivity index (χ3v) is 7.41. The van der Waals surface area contributed by atoms with Gasteiger partial charge in [0.05, 0.1) is 34.7 Å². The fraction of sp³-hybridized carbons (Fsp3) is 0.364. The second-order valence-electron chi connectivity index (χ2n) is 7.43. The van der Waals surface area contributed by atoms with E-state index < -0.39 is 16.0 Å². The van der Waals surface area contributed by atoms with E-state index in [4.69, 9.17) is 21.1 Å². The maximum absolute atomic E-state index is 13.0. The van der Waals surface area contributed by atoms with Gasteiger partial charge in [-0.25, -0.2) is 18.2 Å². The number of ether oxygens (including phenoxy) is 2. The Morgan fingerprint density at radius 1 is 1.16 bits per heavy atom. The molecule has 0 atom stereocenters. The lowest BCUT2D eigenvalue weighted by Crippen LogP contribution is -2.40. The number of aryl methyl sites for hydroxylation is 1. The summed E-state index contributed by atoms with van der Waals surface area (Å²) in [5.41, 5.74) is 1.74. The van der Waals surface area contributed by atoms with E-state index in [1.807, 2.05) is 11.5 Å². The van der Waals surface area contributed by atoms with Crippen LogP contribution < -0.4 is 0 Å². The van der Waals surface area contributed by atoms with Crippen molar-refractivity contribution in [1.82, 2.24) is 13.9 Å². The van der Waals surface area contributed by atoms with Gasteiger partial charge in [-0.05, 0) is 48.9 Å². The van der Waals surface area contributed by atoms with Gasteiger partial charge in [0.2, 0.25) is 10.0 Å². The third kappa shape index (κ3) is 4.66. The third-order valence-electron chi connectivity index (χ3n) is 5.27. The van der Waals surface area contributed by atoms with Gasteiger partial charge in [-0.1, -0.05) is 18.5 Å². The molecule has 0 bridgehead atoms. The van der Waals surface area contributed by atoms with E-state index in [9.17, 15) is 13.2 Å². The van der Waals surface area contributed by atoms with Crippen LogP contribution >= 0.6 is 11.6 Å². The van der Waals surface area contributed by atoms with Crippen LogP contribution in [0.15, 0.2) is 47.4 Å². The van der Waals surface area contributed by atoms with E-state index in [0.29, 0.717) is 54.8 Å². The monoisotopic (exact) mass is 477 g/mol. The number of nitrogens with zero attached hydrogens (tertiary/aromatic N) is 3. The van der Waals surface area contributed by atoms with Crippen molar-refractivity contribution in [2.24, 2.45) is 0 Å². The van der Waals surface area contributed by atoms with Gasteiger partial charge in [0, 0.05) is 24.7 Å². The molecular weight excluding hydrogens is 454 g/mol. The molecule has 8 nitrogen and oxygen atoms in total. The zero-order valence-electron chi connectivity index (χ0n) is 17.7. The molecule has 1 saturated heterocycles. The molecule has 1 aliphatic rings. The van der Waals surface area contributed by atoms with Gasteiger partial charge in [0.25, 0.3) is 0 Å². The average molecular weight is 478 g/mol. The Morgan fingerprint density at radius 3 is 2.56 bits per heavy atom. The fourth-order valence-electron chi connectivity index (χ4n) is 3.64. The Balaban J connectivity index is 1.60. The highest BCUT2D eigenvalue weighted by Crippen LogP contribution is 2.24. The van der Waals surface area contributed by atoms with Gasteiger partial charge in [0.1, 0.15) is 12.4 Å². The van der Waals surface area contributed by atoms with E-state index >= 15 is 0 Å². The van der Waals surface area contributed by atoms with Gasteiger partial charge in [-0.2, -0.15) is 4.31 Å². The lowest BCUT2D eigenvalue weighted by molar-refractivity contribution is 0.0458. The number of benzene rings is 2. The van der Waals surface area contributed by atoms with Crippen molar-refractivity contribution in [2.45, 2.75) is 31.4 Å². The highest BCUT2D eigenvalue weighted by molar-refractivity contribution is 7.89. The van der Waals surface area contributed by atoms with Crippen LogP contribution in [0.2, 0.25) is 5.02 Å². The lowest BCUT2D eigenvalue weighted by Gasteiger charge is -2.26. The van der Waals surface area contributed by atoms with Crippen LogP contribution in [-0.2, 0) is 32.6 Å². The predicted octanol–water partition coefficient (Wildman–Crippen LogP) is 3.48. The molecule has 0 amide bonds. The molecule has 1 aliphatic heterocycles. The number of sulfonamides is 1. The summed E-state index contributed by atoms with van der Waals surface area (Å²) in [5, 5.41) is 0.536. The topological polar surface area (TPSA) is 90.7 Å². The molecule has 0 radical (unpaired) electrons. The molecule has 2 heterocycles. The highest BCUT2D eigenvalue weighted by atomic mass is 35.5. The molecule has 32 heavy (non-hydrogen) atoms. The van der Waals surface area contributed by atoms with Crippen LogP contribution in [0.5, 0.6) is 0 Å². The number of morpholine rings is 1. The van der Waals surface area contributed by atoms with Crippen molar-refractivity contribution in [3.05, 3.63) is 58.9 Å². The van der Waals surface area contributed by atoms with Gasteiger partial charge >= 0.3 is 5.97 Å². The average Bonchev–Trinajstić information content (AvgIpc) is 3.15. The first-order chi connectivity index (χ1) is 15.4. The Morgan fingerprint density at radius 2 is 1.88 bits per heavy atom. The van der Waals surface area contributed by atoms with Crippen LogP contribution in [0.3, 0.4) is 0 Å². The molecule has 1 aromatic heterocycles. The predicted molar refractivity (Wildman–Crippen MR) is 120 cm³/mol. The number of esters is 1. The zero-order chi connectivity index (χ0) is 22.7. The fourth-order valence-corrected chi connectivity index (χ4v) is 5.19. The maximum Gasteiger partial charge on any atom is 0.338 e. The minimum absolute atomic E-state index is 0.0261. The first-order valence-electron chi connectivity index (χ1n) is 10.4. The van der Waals surface area contributed by atoms with E-state index in [2.05, 4.69) is 4.98 Å². The maximum atomic E-state index is 13.0. The van der Waals surface area contributed by atoms with Crippen molar-refractivity contribution < 1.29 is 22.7 Å². The molecule has 170 valence electrons. The van der Waals surface area contributed by atoms with Crippen molar-refractivity contribution in [2.75, 3.05) is 26.3 Å². The molecular formula is C22H24ClN3O5S. The van der Waals surface area contributed by atoms with Crippen LogP contribution in [0.1, 0.15) is 29.5 Å². The van der Waals surface area contributed by atoms with Crippen molar-refractivity contribution in [3.63, 3.8) is 0 Å². The first kappa shape index (κ1) is 22.7. The van der Waals surface area contributed by atoms with Crippen molar-refractivity contribution >= 4 is 38.6 Å². The van der Waals surface area contributed by atoms with Crippen molar-refractivity contribution in [1.29, 1.82) is 0 Å². The minimum Gasteiger partial charge on any atom is -0.454 e. The zero-order valence-corrected chi connectivity index (χ0v) is 19.2. The molecule has 0 spiro atoms. The van der Waals surface area contributed by atoms with E-state index in [0.717, 1.165) is 11.9 Å². The lowest BCUT2D eigenvalue weighted by atomic mass is 10.2. The SMILES string of the molecule is CCCn1c(COC(=O)c2ccc(Cl)cc2)nc2cc(S(=O)(=O)N3CCOCC3)ccc21. The number of fused-ring (bicyclic) bond motifs is 1. The quantitative estimate of drug-likeness (QED) is 0.484. The molecule has 0 unspecified atom stereocenters. The molecule has 0 aliphatic carbocycles. The molecule has 0 saturated carbocycles. The standard InChI is InChI=1S/C22H24ClN3O5S/c1-2-9-26-20-8-7-18(32(28,29)25-10-12-30-13-11-25)14-19(20)24-21(26)15-31-22(27)16-3-5-17(23)6-4-16/h3-8,14H,2,9-13,15H2,1H3. The second-order valence-corrected chi connectivity index (χ2v) is 9.80. The van der Waals surface area contributed by atoms with Crippen LogP contribution in [0.25, 0.3) is 11.0 Å². The van der Waals surface area contributed by atoms with Gasteiger partial charge in [-0.15, -0.1) is 0 Å².